The fourth-order valence-electron chi connectivity index (χ4n) is 4.61. The number of hydrogen-bond acceptors (Lipinski definition) is 5. The number of nitrogens with one attached hydrogen (secondary N) is 2. The lowest BCUT2D eigenvalue weighted by molar-refractivity contribution is 0.315. The number of aryl methyl sites for hydroxylation is 1. The molecule has 1 aliphatic carbocycles. The maximum atomic E-state index is 5.79. The molecule has 0 radical (unpaired) electrons. The van der Waals surface area contributed by atoms with Crippen LogP contribution in [0.4, 0.5) is 5.69 Å². The van der Waals surface area contributed by atoms with E-state index < -0.39 is 0 Å². The van der Waals surface area contributed by atoms with E-state index >= 15 is 0 Å². The normalized spacial score (nSPS) is 14.9. The molecule has 3 aromatic carbocycles. The van der Waals surface area contributed by atoms with Crippen LogP contribution < -0.4 is 24.8 Å². The van der Waals surface area contributed by atoms with Crippen molar-refractivity contribution >= 4 is 5.69 Å². The second kappa shape index (κ2) is 11.8. The average molecular weight is 461 g/mol. The number of anilines is 1. The molecule has 0 saturated heterocycles. The lowest BCUT2D eigenvalue weighted by Crippen LogP contribution is -2.20. The Hall–Kier alpha value is -3.18. The maximum Gasteiger partial charge on any atom is 0.120 e. The molecule has 5 heteroatoms. The number of benzene rings is 3. The summed E-state index contributed by atoms with van der Waals surface area (Å²) in [6.07, 6.45) is 3.23. The Balaban J connectivity index is 1.44. The fraction of sp³-hybridized carbons (Fsp3) is 0.379. The third kappa shape index (κ3) is 6.03. The highest BCUT2D eigenvalue weighted by Crippen LogP contribution is 2.38. The minimum absolute atomic E-state index is 0.474. The van der Waals surface area contributed by atoms with E-state index in [1.807, 2.05) is 12.1 Å². The second-order valence-electron chi connectivity index (χ2n) is 8.73. The molecule has 0 bridgehead atoms. The van der Waals surface area contributed by atoms with Crippen LogP contribution in [0.15, 0.2) is 60.7 Å². The van der Waals surface area contributed by atoms with Crippen LogP contribution in [0.2, 0.25) is 0 Å². The number of fused-ring (bicyclic) bond motifs is 1. The molecule has 0 heterocycles. The third-order valence-corrected chi connectivity index (χ3v) is 6.55. The Morgan fingerprint density at radius 1 is 0.853 bits per heavy atom. The third-order valence-electron chi connectivity index (χ3n) is 6.55. The van der Waals surface area contributed by atoms with E-state index in [0.29, 0.717) is 12.5 Å². The molecule has 5 nitrogen and oxygen atoms in total. The molecule has 1 aliphatic rings. The van der Waals surface area contributed by atoms with Gasteiger partial charge in [0.25, 0.3) is 0 Å². The summed E-state index contributed by atoms with van der Waals surface area (Å²) in [6, 6.07) is 21.2. The van der Waals surface area contributed by atoms with Gasteiger partial charge in [0.2, 0.25) is 0 Å². The second-order valence-corrected chi connectivity index (χ2v) is 8.73. The van der Waals surface area contributed by atoms with E-state index in [1.165, 1.54) is 22.3 Å². The predicted molar refractivity (Wildman–Crippen MR) is 139 cm³/mol. The zero-order valence-corrected chi connectivity index (χ0v) is 20.5. The van der Waals surface area contributed by atoms with Crippen LogP contribution in [0.3, 0.4) is 0 Å². The zero-order valence-electron chi connectivity index (χ0n) is 20.5. The Morgan fingerprint density at radius 2 is 1.59 bits per heavy atom. The molecule has 0 spiro atoms. The Morgan fingerprint density at radius 3 is 2.35 bits per heavy atom. The highest BCUT2D eigenvalue weighted by atomic mass is 16.5. The summed E-state index contributed by atoms with van der Waals surface area (Å²) in [7, 11) is 3.45. The van der Waals surface area contributed by atoms with Crippen molar-refractivity contribution in [1.82, 2.24) is 5.32 Å². The van der Waals surface area contributed by atoms with Crippen molar-refractivity contribution in [3.8, 4) is 17.2 Å². The molecule has 0 fully saturated rings. The van der Waals surface area contributed by atoms with E-state index in [0.717, 1.165) is 61.8 Å². The molecule has 4 rings (SSSR count). The lowest BCUT2D eigenvalue weighted by atomic mass is 9.79. The Bertz CT molecular complexity index is 1070. The van der Waals surface area contributed by atoms with Gasteiger partial charge in [0.05, 0.1) is 14.2 Å². The van der Waals surface area contributed by atoms with Crippen LogP contribution in [0.5, 0.6) is 17.2 Å². The summed E-state index contributed by atoms with van der Waals surface area (Å²) in [5, 5.41) is 6.94. The predicted octanol–water partition coefficient (Wildman–Crippen LogP) is 5.58. The van der Waals surface area contributed by atoms with E-state index in [4.69, 9.17) is 14.2 Å². The molecular weight excluding hydrogens is 424 g/mol. The molecule has 180 valence electrons. The van der Waals surface area contributed by atoms with Crippen molar-refractivity contribution < 1.29 is 14.2 Å². The van der Waals surface area contributed by atoms with Crippen molar-refractivity contribution in [2.24, 2.45) is 0 Å². The van der Waals surface area contributed by atoms with Crippen LogP contribution in [0.25, 0.3) is 0 Å². The van der Waals surface area contributed by atoms with Gasteiger partial charge in [-0.1, -0.05) is 31.2 Å². The molecule has 2 N–H and O–H groups in total. The van der Waals surface area contributed by atoms with Crippen LogP contribution in [-0.2, 0) is 19.4 Å². The van der Waals surface area contributed by atoms with Crippen LogP contribution in [0.1, 0.15) is 41.5 Å². The fourth-order valence-corrected chi connectivity index (χ4v) is 4.61. The van der Waals surface area contributed by atoms with Gasteiger partial charge in [-0.3, -0.25) is 0 Å². The van der Waals surface area contributed by atoms with Crippen molar-refractivity contribution in [3.63, 3.8) is 0 Å². The highest BCUT2D eigenvalue weighted by molar-refractivity contribution is 5.58. The number of ether oxygens (including phenoxy) is 3. The largest absolute Gasteiger partial charge is 0.497 e. The van der Waals surface area contributed by atoms with Gasteiger partial charge in [0, 0.05) is 24.8 Å². The number of likely N-dealkylation sites (N-methyl/N-ethyl adjacent to an activating group) is 1. The molecule has 0 amide bonds. The van der Waals surface area contributed by atoms with Gasteiger partial charge in [-0.2, -0.15) is 0 Å². The Kier molecular flexibility index (Phi) is 8.31. The SMILES string of the molecule is CCNCCOc1ccc(CNc2cc(OC)ccc2C2CCc3cc(OC)ccc3C2)cc1. The molecule has 1 unspecified atom stereocenters. The quantitative estimate of drug-likeness (QED) is 0.366. The van der Waals surface area contributed by atoms with E-state index in [9.17, 15) is 0 Å². The van der Waals surface area contributed by atoms with Crippen molar-refractivity contribution in [2.45, 2.75) is 38.6 Å². The first-order chi connectivity index (χ1) is 16.7. The van der Waals surface area contributed by atoms with Gasteiger partial charge in [0.1, 0.15) is 23.9 Å². The Labute approximate surface area is 203 Å². The molecule has 1 atom stereocenters. The van der Waals surface area contributed by atoms with Crippen molar-refractivity contribution in [1.29, 1.82) is 0 Å². The molecule has 3 aromatic rings. The zero-order chi connectivity index (χ0) is 23.8. The lowest BCUT2D eigenvalue weighted by Gasteiger charge is -2.27. The smallest absolute Gasteiger partial charge is 0.120 e. The van der Waals surface area contributed by atoms with E-state index in [1.54, 1.807) is 14.2 Å². The van der Waals surface area contributed by atoms with Gasteiger partial charge in [-0.25, -0.2) is 0 Å². The molecule has 0 aromatic heterocycles. The number of methoxy groups -OCH3 is 2. The number of hydrogen-bond donors (Lipinski definition) is 2. The summed E-state index contributed by atoms with van der Waals surface area (Å²) in [5.41, 5.74) is 6.54. The summed E-state index contributed by atoms with van der Waals surface area (Å²) in [5.74, 6) is 3.19. The summed E-state index contributed by atoms with van der Waals surface area (Å²) in [4.78, 5) is 0. The monoisotopic (exact) mass is 460 g/mol. The van der Waals surface area contributed by atoms with Crippen molar-refractivity contribution in [2.75, 3.05) is 39.2 Å². The summed E-state index contributed by atoms with van der Waals surface area (Å²) < 4.78 is 16.7. The van der Waals surface area contributed by atoms with Gasteiger partial charge >= 0.3 is 0 Å². The van der Waals surface area contributed by atoms with Crippen LogP contribution in [0, 0.1) is 0 Å². The standard InChI is InChI=1S/C29H36N2O3/c1-4-30-15-16-34-25-10-5-21(6-11-25)20-31-29-19-27(33-3)13-14-28(29)24-8-7-23-18-26(32-2)12-9-22(23)17-24/h5-6,9-14,18-19,24,30-31H,4,7-8,15-17,20H2,1-3H3. The van der Waals surface area contributed by atoms with Gasteiger partial charge in [-0.15, -0.1) is 0 Å². The maximum absolute atomic E-state index is 5.79. The summed E-state index contributed by atoms with van der Waals surface area (Å²) in [6.45, 7) is 5.34. The van der Waals surface area contributed by atoms with Crippen LogP contribution in [-0.4, -0.2) is 33.9 Å². The van der Waals surface area contributed by atoms with Crippen LogP contribution >= 0.6 is 0 Å². The van der Waals surface area contributed by atoms with Gasteiger partial charge < -0.3 is 24.8 Å². The van der Waals surface area contributed by atoms with E-state index in [-0.39, 0.29) is 0 Å². The van der Waals surface area contributed by atoms with Crippen molar-refractivity contribution in [3.05, 3.63) is 82.9 Å². The van der Waals surface area contributed by atoms with E-state index in [2.05, 4.69) is 66.1 Å². The van der Waals surface area contributed by atoms with Gasteiger partial charge in [-0.05, 0) is 84.3 Å². The molecule has 0 saturated carbocycles. The minimum atomic E-state index is 0.474. The average Bonchev–Trinajstić information content (AvgIpc) is 2.89. The first kappa shape index (κ1) is 24.0. The molecule has 0 aliphatic heterocycles. The van der Waals surface area contributed by atoms with Gasteiger partial charge in [0.15, 0.2) is 0 Å². The molecular formula is C29H36N2O3. The summed E-state index contributed by atoms with van der Waals surface area (Å²) >= 11 is 0. The first-order valence-corrected chi connectivity index (χ1v) is 12.2. The first-order valence-electron chi connectivity index (χ1n) is 12.2. The topological polar surface area (TPSA) is 51.8 Å². The highest BCUT2D eigenvalue weighted by Gasteiger charge is 2.23. The minimum Gasteiger partial charge on any atom is -0.497 e. The molecule has 34 heavy (non-hydrogen) atoms. The number of rotatable bonds is 11.